The Morgan fingerprint density at radius 2 is 1.86 bits per heavy atom. The number of hydrogen-bond acceptors (Lipinski definition) is 5. The fourth-order valence-corrected chi connectivity index (χ4v) is 2.81. The molecule has 0 fully saturated rings. The number of esters is 1. The fraction of sp³-hybridized carbons (Fsp3) is 0.238. The maximum absolute atomic E-state index is 12.1. The van der Waals surface area contributed by atoms with Gasteiger partial charge in [-0.2, -0.15) is 0 Å². The zero-order valence-electron chi connectivity index (χ0n) is 15.8. The quantitative estimate of drug-likeness (QED) is 0.663. The normalized spacial score (nSPS) is 10.6. The summed E-state index contributed by atoms with van der Waals surface area (Å²) in [6, 6.07) is 12.2. The number of fused-ring (bicyclic) bond motifs is 1. The average Bonchev–Trinajstić information content (AvgIpc) is 2.67. The molecule has 1 aromatic carbocycles. The Labute approximate surface area is 162 Å². The highest BCUT2D eigenvalue weighted by Gasteiger charge is 2.10. The highest BCUT2D eigenvalue weighted by molar-refractivity contribution is 5.95. The van der Waals surface area contributed by atoms with Crippen molar-refractivity contribution in [3.63, 3.8) is 0 Å². The third-order valence-electron chi connectivity index (χ3n) is 4.32. The minimum Gasteiger partial charge on any atom is -0.459 e. The van der Waals surface area contributed by atoms with Crippen molar-refractivity contribution in [2.75, 3.05) is 6.54 Å². The minimum atomic E-state index is -0.475. The minimum absolute atomic E-state index is 0.0310. The largest absolute Gasteiger partial charge is 0.459 e. The van der Waals surface area contributed by atoms with Crippen LogP contribution in [0.5, 0.6) is 0 Å². The first-order valence-corrected chi connectivity index (χ1v) is 8.93. The number of hydrogen-bond donors (Lipinski definition) is 1. The van der Waals surface area contributed by atoms with Gasteiger partial charge in [-0.25, -0.2) is 4.98 Å². The van der Waals surface area contributed by atoms with E-state index in [0.717, 1.165) is 11.1 Å². The number of pyridine rings is 1. The average molecular weight is 379 g/mol. The summed E-state index contributed by atoms with van der Waals surface area (Å²) < 4.78 is 6.63. The number of nitrogens with one attached hydrogen (secondary N) is 1. The van der Waals surface area contributed by atoms with Crippen LogP contribution in [0.2, 0.25) is 0 Å². The monoisotopic (exact) mass is 379 g/mol. The molecule has 3 rings (SSSR count). The number of nitrogens with zero attached hydrogens (tertiary/aromatic N) is 2. The summed E-state index contributed by atoms with van der Waals surface area (Å²) in [6.07, 6.45) is 1.67. The van der Waals surface area contributed by atoms with E-state index in [9.17, 15) is 14.4 Å². The van der Waals surface area contributed by atoms with Crippen molar-refractivity contribution in [1.29, 1.82) is 0 Å². The molecule has 7 heteroatoms. The molecule has 28 heavy (non-hydrogen) atoms. The molecule has 2 heterocycles. The van der Waals surface area contributed by atoms with Crippen LogP contribution in [-0.2, 0) is 16.1 Å². The van der Waals surface area contributed by atoms with Gasteiger partial charge in [0.05, 0.1) is 12.1 Å². The molecule has 2 aromatic heterocycles. The molecule has 7 nitrogen and oxygen atoms in total. The molecule has 0 bridgehead atoms. The molecule has 0 aliphatic heterocycles. The molecule has 1 amide bonds. The molecular weight excluding hydrogens is 358 g/mol. The van der Waals surface area contributed by atoms with Crippen molar-refractivity contribution >= 4 is 17.5 Å². The molecule has 0 aliphatic rings. The van der Waals surface area contributed by atoms with Crippen molar-refractivity contribution in [2.45, 2.75) is 26.9 Å². The predicted molar refractivity (Wildman–Crippen MR) is 104 cm³/mol. The predicted octanol–water partition coefficient (Wildman–Crippen LogP) is 2.17. The summed E-state index contributed by atoms with van der Waals surface area (Å²) in [7, 11) is 0. The molecule has 0 spiro atoms. The number of ether oxygens (including phenoxy) is 1. The van der Waals surface area contributed by atoms with Crippen molar-refractivity contribution in [3.8, 4) is 0 Å². The molecule has 144 valence electrons. The Kier molecular flexibility index (Phi) is 5.84. The lowest BCUT2D eigenvalue weighted by Gasteiger charge is -2.09. The first-order valence-electron chi connectivity index (χ1n) is 8.93. The van der Waals surface area contributed by atoms with Gasteiger partial charge in [-0.05, 0) is 37.1 Å². The third kappa shape index (κ3) is 4.43. The Balaban J connectivity index is 1.53. The lowest BCUT2D eigenvalue weighted by molar-refractivity contribution is -0.144. The number of rotatable bonds is 6. The van der Waals surface area contributed by atoms with Crippen LogP contribution in [0.3, 0.4) is 0 Å². The van der Waals surface area contributed by atoms with Crippen LogP contribution in [-0.4, -0.2) is 27.8 Å². The van der Waals surface area contributed by atoms with E-state index in [0.29, 0.717) is 16.9 Å². The number of amides is 1. The van der Waals surface area contributed by atoms with Crippen LogP contribution < -0.4 is 10.9 Å². The van der Waals surface area contributed by atoms with Gasteiger partial charge in [-0.3, -0.25) is 18.8 Å². The Hall–Kier alpha value is -3.48. The maximum atomic E-state index is 12.1. The molecule has 0 unspecified atom stereocenters. The van der Waals surface area contributed by atoms with Gasteiger partial charge < -0.3 is 10.1 Å². The second-order valence-corrected chi connectivity index (χ2v) is 6.45. The Morgan fingerprint density at radius 1 is 1.11 bits per heavy atom. The van der Waals surface area contributed by atoms with Crippen LogP contribution in [0.4, 0.5) is 0 Å². The van der Waals surface area contributed by atoms with Gasteiger partial charge >= 0.3 is 5.97 Å². The third-order valence-corrected chi connectivity index (χ3v) is 4.32. The maximum Gasteiger partial charge on any atom is 0.307 e. The van der Waals surface area contributed by atoms with Crippen molar-refractivity contribution < 1.29 is 14.3 Å². The first kappa shape index (κ1) is 19.3. The zero-order chi connectivity index (χ0) is 20.1. The molecule has 0 radical (unpaired) electrons. The van der Waals surface area contributed by atoms with Crippen LogP contribution in [0.25, 0.3) is 5.65 Å². The molecule has 3 aromatic rings. The smallest absolute Gasteiger partial charge is 0.307 e. The summed E-state index contributed by atoms with van der Waals surface area (Å²) in [6.45, 7) is 3.78. The van der Waals surface area contributed by atoms with Crippen LogP contribution in [0, 0.1) is 13.8 Å². The second kappa shape index (κ2) is 8.47. The van der Waals surface area contributed by atoms with Gasteiger partial charge in [0.2, 0.25) is 0 Å². The summed E-state index contributed by atoms with van der Waals surface area (Å²) in [5.74, 6) is -0.706. The lowest BCUT2D eigenvalue weighted by atomic mass is 10.1. The Bertz CT molecular complexity index is 1090. The number of carbonyl (C=O) groups is 2. The molecule has 1 N–H and O–H groups in total. The zero-order valence-corrected chi connectivity index (χ0v) is 15.8. The molecule has 0 atom stereocenters. The van der Waals surface area contributed by atoms with Gasteiger partial charge in [0, 0.05) is 24.4 Å². The summed E-state index contributed by atoms with van der Waals surface area (Å²) in [5.41, 5.74) is 2.98. The summed E-state index contributed by atoms with van der Waals surface area (Å²) >= 11 is 0. The van der Waals surface area contributed by atoms with E-state index in [1.165, 1.54) is 10.5 Å². The second-order valence-electron chi connectivity index (χ2n) is 6.45. The van der Waals surface area contributed by atoms with Crippen molar-refractivity contribution in [2.24, 2.45) is 0 Å². The lowest BCUT2D eigenvalue weighted by Crippen LogP contribution is -2.27. The summed E-state index contributed by atoms with van der Waals surface area (Å²) in [4.78, 5) is 40.6. The molecule has 0 saturated carbocycles. The van der Waals surface area contributed by atoms with Crippen molar-refractivity contribution in [3.05, 3.63) is 81.4 Å². The summed E-state index contributed by atoms with van der Waals surface area (Å²) in [5, 5.41) is 2.70. The number of benzene rings is 1. The standard InChI is InChI=1S/C21H21N3O4/c1-14-6-3-4-8-17(14)21(27)22-10-9-19(26)28-13-16-12-18(25)24-11-5-7-15(2)20(24)23-16/h3-8,11-12H,9-10,13H2,1-2H3,(H,22,27). The van der Waals surface area contributed by atoms with E-state index >= 15 is 0 Å². The number of aryl methyl sites for hydroxylation is 2. The fourth-order valence-electron chi connectivity index (χ4n) is 2.81. The van der Waals surface area contributed by atoms with Gasteiger partial charge in [-0.15, -0.1) is 0 Å². The van der Waals surface area contributed by atoms with E-state index in [4.69, 9.17) is 4.74 Å². The first-order chi connectivity index (χ1) is 13.5. The van der Waals surface area contributed by atoms with E-state index in [2.05, 4.69) is 10.3 Å². The van der Waals surface area contributed by atoms with E-state index < -0.39 is 5.97 Å². The van der Waals surface area contributed by atoms with Gasteiger partial charge in [0.1, 0.15) is 12.3 Å². The van der Waals surface area contributed by atoms with Gasteiger partial charge in [-0.1, -0.05) is 24.3 Å². The molecular formula is C21H21N3O4. The van der Waals surface area contributed by atoms with E-state index in [1.54, 1.807) is 24.4 Å². The number of aromatic nitrogens is 2. The van der Waals surface area contributed by atoms with Gasteiger partial charge in [0.25, 0.3) is 11.5 Å². The highest BCUT2D eigenvalue weighted by Crippen LogP contribution is 2.07. The van der Waals surface area contributed by atoms with E-state index in [-0.39, 0.29) is 31.0 Å². The van der Waals surface area contributed by atoms with Crippen LogP contribution in [0.15, 0.2) is 53.5 Å². The molecule has 0 aliphatic carbocycles. The number of carbonyl (C=O) groups excluding carboxylic acids is 2. The SMILES string of the molecule is Cc1ccccc1C(=O)NCCC(=O)OCc1cc(=O)n2cccc(C)c2n1. The van der Waals surface area contributed by atoms with Crippen molar-refractivity contribution in [1.82, 2.24) is 14.7 Å². The molecule has 0 saturated heterocycles. The van der Waals surface area contributed by atoms with E-state index in [1.807, 2.05) is 32.0 Å². The van der Waals surface area contributed by atoms with Crippen LogP contribution in [0.1, 0.15) is 33.6 Å². The topological polar surface area (TPSA) is 89.8 Å². The van der Waals surface area contributed by atoms with Crippen LogP contribution >= 0.6 is 0 Å². The highest BCUT2D eigenvalue weighted by atomic mass is 16.5. The van der Waals surface area contributed by atoms with Gasteiger partial charge in [0.15, 0.2) is 0 Å². The Morgan fingerprint density at radius 3 is 2.64 bits per heavy atom.